The molecule has 0 unspecified atom stereocenters. The van der Waals surface area contributed by atoms with Gasteiger partial charge in [-0.15, -0.1) is 0 Å². The standard InChI is InChI=1S/C17H22N2O3/c1-16(2)8-14-9-17(3,10-16)11-18(14)15(20)12-4-6-13(7-5-12)19(21)22/h4-7,14H,8-11H2,1-3H3/t14-,17+/m0/s1. The molecule has 0 radical (unpaired) electrons. The summed E-state index contributed by atoms with van der Waals surface area (Å²) in [6.07, 6.45) is 3.23. The summed E-state index contributed by atoms with van der Waals surface area (Å²) in [5.41, 5.74) is 1.02. The maximum Gasteiger partial charge on any atom is 0.269 e. The Morgan fingerprint density at radius 3 is 2.45 bits per heavy atom. The average molecular weight is 302 g/mol. The lowest BCUT2D eigenvalue weighted by atomic mass is 9.65. The van der Waals surface area contributed by atoms with Gasteiger partial charge >= 0.3 is 0 Å². The second kappa shape index (κ2) is 4.80. The van der Waals surface area contributed by atoms with Gasteiger partial charge in [-0.25, -0.2) is 0 Å². The molecule has 1 saturated carbocycles. The van der Waals surface area contributed by atoms with Crippen LogP contribution in [0.3, 0.4) is 0 Å². The Labute approximate surface area is 130 Å². The van der Waals surface area contributed by atoms with Gasteiger partial charge < -0.3 is 4.90 Å². The minimum absolute atomic E-state index is 0.00122. The van der Waals surface area contributed by atoms with E-state index in [2.05, 4.69) is 20.8 Å². The first-order chi connectivity index (χ1) is 10.2. The Morgan fingerprint density at radius 1 is 1.23 bits per heavy atom. The van der Waals surface area contributed by atoms with Crippen LogP contribution in [0, 0.1) is 20.9 Å². The number of rotatable bonds is 2. The fraction of sp³-hybridized carbons (Fsp3) is 0.588. The molecule has 0 spiro atoms. The number of non-ortho nitro benzene ring substituents is 1. The molecule has 1 aromatic carbocycles. The van der Waals surface area contributed by atoms with Crippen LogP contribution in [0.5, 0.6) is 0 Å². The van der Waals surface area contributed by atoms with Crippen molar-refractivity contribution in [1.82, 2.24) is 4.90 Å². The maximum atomic E-state index is 12.8. The number of carbonyl (C=O) groups excluding carboxylic acids is 1. The van der Waals surface area contributed by atoms with E-state index in [0.717, 1.165) is 25.8 Å². The lowest BCUT2D eigenvalue weighted by Crippen LogP contribution is -2.37. The number of fused-ring (bicyclic) bond motifs is 2. The highest BCUT2D eigenvalue weighted by atomic mass is 16.6. The Hall–Kier alpha value is -1.91. The normalized spacial score (nSPS) is 29.4. The molecule has 2 aliphatic rings. The third-order valence-electron chi connectivity index (χ3n) is 5.00. The molecule has 1 aliphatic heterocycles. The summed E-state index contributed by atoms with van der Waals surface area (Å²) < 4.78 is 0. The van der Waals surface area contributed by atoms with Crippen LogP contribution in [0.2, 0.25) is 0 Å². The van der Waals surface area contributed by atoms with Crippen molar-refractivity contribution in [2.75, 3.05) is 6.54 Å². The Bertz CT molecular complexity index is 623. The molecule has 2 bridgehead atoms. The van der Waals surface area contributed by atoms with E-state index in [1.54, 1.807) is 12.1 Å². The van der Waals surface area contributed by atoms with Gasteiger partial charge in [0.2, 0.25) is 0 Å². The molecule has 5 nitrogen and oxygen atoms in total. The van der Waals surface area contributed by atoms with Gasteiger partial charge in [-0.1, -0.05) is 20.8 Å². The number of carbonyl (C=O) groups is 1. The van der Waals surface area contributed by atoms with Gasteiger partial charge in [-0.3, -0.25) is 14.9 Å². The molecule has 118 valence electrons. The Kier molecular flexibility index (Phi) is 3.27. The van der Waals surface area contributed by atoms with Crippen LogP contribution < -0.4 is 0 Å². The number of nitro groups is 1. The first kappa shape index (κ1) is 15.0. The Balaban J connectivity index is 1.83. The summed E-state index contributed by atoms with van der Waals surface area (Å²) in [7, 11) is 0. The molecule has 1 heterocycles. The van der Waals surface area contributed by atoms with Gasteiger partial charge in [-0.2, -0.15) is 0 Å². The molecule has 1 aliphatic carbocycles. The third kappa shape index (κ3) is 2.60. The maximum absolute atomic E-state index is 12.8. The molecule has 0 aromatic heterocycles. The van der Waals surface area contributed by atoms with Crippen LogP contribution in [0.1, 0.15) is 50.4 Å². The summed E-state index contributed by atoms with van der Waals surface area (Å²) in [5.74, 6) is 0.00122. The van der Waals surface area contributed by atoms with Crippen LogP contribution >= 0.6 is 0 Å². The second-order valence-electron chi connectivity index (χ2n) is 7.95. The minimum atomic E-state index is -0.444. The third-order valence-corrected chi connectivity index (χ3v) is 5.00. The van der Waals surface area contributed by atoms with E-state index >= 15 is 0 Å². The predicted octanol–water partition coefficient (Wildman–Crippen LogP) is 3.64. The summed E-state index contributed by atoms with van der Waals surface area (Å²) in [4.78, 5) is 25.0. The SMILES string of the molecule is CC1(C)C[C@H]2C[C@@](C)(CN2C(=O)c2ccc([N+](=O)[O-])cc2)C1. The van der Waals surface area contributed by atoms with E-state index in [-0.39, 0.29) is 28.5 Å². The Morgan fingerprint density at radius 2 is 1.86 bits per heavy atom. The number of amides is 1. The first-order valence-corrected chi connectivity index (χ1v) is 7.75. The molecular formula is C17H22N2O3. The number of benzene rings is 1. The molecule has 2 atom stereocenters. The van der Waals surface area contributed by atoms with Gasteiger partial charge in [0, 0.05) is 30.3 Å². The second-order valence-corrected chi connectivity index (χ2v) is 7.95. The smallest absolute Gasteiger partial charge is 0.269 e. The van der Waals surface area contributed by atoms with Crippen molar-refractivity contribution in [3.8, 4) is 0 Å². The van der Waals surface area contributed by atoms with E-state index in [4.69, 9.17) is 0 Å². The van der Waals surface area contributed by atoms with Gasteiger partial charge in [0.05, 0.1) is 4.92 Å². The van der Waals surface area contributed by atoms with Crippen LogP contribution in [-0.4, -0.2) is 28.3 Å². The zero-order chi connectivity index (χ0) is 16.1. The van der Waals surface area contributed by atoms with Gasteiger partial charge in [0.25, 0.3) is 11.6 Å². The lowest BCUT2D eigenvalue weighted by molar-refractivity contribution is -0.384. The van der Waals surface area contributed by atoms with Crippen LogP contribution in [0.4, 0.5) is 5.69 Å². The summed E-state index contributed by atoms with van der Waals surface area (Å²) >= 11 is 0. The van der Waals surface area contributed by atoms with Crippen molar-refractivity contribution in [2.24, 2.45) is 10.8 Å². The summed E-state index contributed by atoms with van der Waals surface area (Å²) in [6.45, 7) is 7.61. The number of nitro benzene ring substituents is 1. The summed E-state index contributed by atoms with van der Waals surface area (Å²) in [5, 5.41) is 10.7. The zero-order valence-corrected chi connectivity index (χ0v) is 13.3. The zero-order valence-electron chi connectivity index (χ0n) is 13.3. The number of likely N-dealkylation sites (tertiary alicyclic amines) is 1. The molecule has 2 fully saturated rings. The molecule has 1 saturated heterocycles. The highest BCUT2D eigenvalue weighted by molar-refractivity contribution is 5.95. The molecule has 1 amide bonds. The molecule has 5 heteroatoms. The quantitative estimate of drug-likeness (QED) is 0.619. The van der Waals surface area contributed by atoms with Crippen molar-refractivity contribution < 1.29 is 9.72 Å². The van der Waals surface area contributed by atoms with Crippen LogP contribution in [0.15, 0.2) is 24.3 Å². The van der Waals surface area contributed by atoms with E-state index in [1.165, 1.54) is 12.1 Å². The molecule has 3 rings (SSSR count). The molecule has 1 aromatic rings. The van der Waals surface area contributed by atoms with Crippen molar-refractivity contribution in [3.05, 3.63) is 39.9 Å². The number of hydrogen-bond donors (Lipinski definition) is 0. The number of hydrogen-bond acceptors (Lipinski definition) is 3. The highest BCUT2D eigenvalue weighted by Crippen LogP contribution is 2.52. The van der Waals surface area contributed by atoms with E-state index in [0.29, 0.717) is 5.56 Å². The fourth-order valence-corrected chi connectivity index (χ4v) is 4.59. The van der Waals surface area contributed by atoms with E-state index in [1.807, 2.05) is 4.90 Å². The van der Waals surface area contributed by atoms with E-state index in [9.17, 15) is 14.9 Å². The molecule has 22 heavy (non-hydrogen) atoms. The van der Waals surface area contributed by atoms with Crippen molar-refractivity contribution in [1.29, 1.82) is 0 Å². The van der Waals surface area contributed by atoms with Crippen molar-refractivity contribution in [3.63, 3.8) is 0 Å². The molecule has 0 N–H and O–H groups in total. The topological polar surface area (TPSA) is 63.5 Å². The van der Waals surface area contributed by atoms with Gasteiger partial charge in [0.1, 0.15) is 0 Å². The van der Waals surface area contributed by atoms with Gasteiger partial charge in [0.15, 0.2) is 0 Å². The molecular weight excluding hydrogens is 280 g/mol. The lowest BCUT2D eigenvalue weighted by Gasteiger charge is -2.39. The van der Waals surface area contributed by atoms with Crippen LogP contribution in [0.25, 0.3) is 0 Å². The highest BCUT2D eigenvalue weighted by Gasteiger charge is 2.50. The largest absolute Gasteiger partial charge is 0.335 e. The summed E-state index contributed by atoms with van der Waals surface area (Å²) in [6, 6.07) is 6.23. The van der Waals surface area contributed by atoms with E-state index < -0.39 is 4.92 Å². The van der Waals surface area contributed by atoms with Gasteiger partial charge in [-0.05, 0) is 42.2 Å². The van der Waals surface area contributed by atoms with Crippen LogP contribution in [-0.2, 0) is 0 Å². The first-order valence-electron chi connectivity index (χ1n) is 7.75. The average Bonchev–Trinajstić information content (AvgIpc) is 2.67. The fourth-order valence-electron chi connectivity index (χ4n) is 4.59. The minimum Gasteiger partial charge on any atom is -0.335 e. The monoisotopic (exact) mass is 302 g/mol. The predicted molar refractivity (Wildman–Crippen MR) is 83.7 cm³/mol. The van der Waals surface area contributed by atoms with Crippen molar-refractivity contribution >= 4 is 11.6 Å². The van der Waals surface area contributed by atoms with Crippen molar-refractivity contribution in [2.45, 2.75) is 46.1 Å². The number of nitrogens with zero attached hydrogens (tertiary/aromatic N) is 2.